The van der Waals surface area contributed by atoms with Crippen LogP contribution >= 0.6 is 11.3 Å². The molecule has 0 aliphatic carbocycles. The van der Waals surface area contributed by atoms with Gasteiger partial charge in [-0.2, -0.15) is 0 Å². The summed E-state index contributed by atoms with van der Waals surface area (Å²) in [5.74, 6) is 0. The summed E-state index contributed by atoms with van der Waals surface area (Å²) in [5.41, 5.74) is 0.663. The van der Waals surface area contributed by atoms with Crippen molar-refractivity contribution in [3.05, 3.63) is 46.7 Å². The zero-order valence-corrected chi connectivity index (χ0v) is 13.9. The van der Waals surface area contributed by atoms with Crippen LogP contribution in [-0.4, -0.2) is 22.0 Å². The van der Waals surface area contributed by atoms with Crippen molar-refractivity contribution in [2.45, 2.75) is 24.8 Å². The molecular weight excluding hydrogens is 304 g/mol. The fourth-order valence-corrected chi connectivity index (χ4v) is 4.57. The minimum atomic E-state index is -3.51. The number of benzene rings is 1. The van der Waals surface area contributed by atoms with Gasteiger partial charge in [-0.15, -0.1) is 11.3 Å². The van der Waals surface area contributed by atoms with Crippen molar-refractivity contribution in [1.29, 1.82) is 0 Å². The maximum Gasteiger partial charge on any atom is 0.265 e. The van der Waals surface area contributed by atoms with Gasteiger partial charge in [-0.3, -0.25) is 4.31 Å². The molecule has 21 heavy (non-hydrogen) atoms. The molecule has 1 N–H and O–H groups in total. The van der Waals surface area contributed by atoms with E-state index in [0.717, 1.165) is 17.8 Å². The Morgan fingerprint density at radius 2 is 1.90 bits per heavy atom. The van der Waals surface area contributed by atoms with Crippen LogP contribution in [0.25, 0.3) is 0 Å². The van der Waals surface area contributed by atoms with E-state index in [2.05, 4.69) is 12.2 Å². The number of nitrogens with one attached hydrogen (secondary N) is 1. The molecule has 0 atom stereocenters. The molecule has 114 valence electrons. The molecule has 0 radical (unpaired) electrons. The molecule has 0 unspecified atom stereocenters. The third-order valence-electron chi connectivity index (χ3n) is 3.18. The molecule has 4 nitrogen and oxygen atoms in total. The second-order valence-corrected chi connectivity index (χ2v) is 7.63. The zero-order chi connectivity index (χ0) is 15.3. The minimum absolute atomic E-state index is 0.391. The van der Waals surface area contributed by atoms with Crippen molar-refractivity contribution in [1.82, 2.24) is 5.32 Å². The molecule has 2 aromatic rings. The van der Waals surface area contributed by atoms with Crippen LogP contribution in [0, 0.1) is 0 Å². The van der Waals surface area contributed by atoms with Crippen molar-refractivity contribution < 1.29 is 8.42 Å². The van der Waals surface area contributed by atoms with Gasteiger partial charge in [0.15, 0.2) is 0 Å². The summed E-state index contributed by atoms with van der Waals surface area (Å²) >= 11 is 1.47. The second kappa shape index (κ2) is 7.06. The first-order chi connectivity index (χ1) is 10.1. The zero-order valence-electron chi connectivity index (χ0n) is 12.2. The normalized spacial score (nSPS) is 11.5. The van der Waals surface area contributed by atoms with Gasteiger partial charge in [-0.25, -0.2) is 8.42 Å². The van der Waals surface area contributed by atoms with Gasteiger partial charge in [0, 0.05) is 18.5 Å². The summed E-state index contributed by atoms with van der Waals surface area (Å²) in [6, 6.07) is 10.8. The second-order valence-electron chi connectivity index (χ2n) is 4.69. The minimum Gasteiger partial charge on any atom is -0.312 e. The number of sulfonamides is 1. The van der Waals surface area contributed by atoms with E-state index >= 15 is 0 Å². The Balaban J connectivity index is 2.26. The summed E-state index contributed by atoms with van der Waals surface area (Å²) in [6.45, 7) is 3.55. The smallest absolute Gasteiger partial charge is 0.265 e. The molecule has 2 rings (SSSR count). The fraction of sp³-hybridized carbons (Fsp3) is 0.333. The van der Waals surface area contributed by atoms with Gasteiger partial charge in [0.25, 0.3) is 10.0 Å². The fourth-order valence-electron chi connectivity index (χ4n) is 1.99. The highest BCUT2D eigenvalue weighted by atomic mass is 32.2. The third-order valence-corrected chi connectivity index (χ3v) is 6.10. The van der Waals surface area contributed by atoms with E-state index in [1.165, 1.54) is 15.6 Å². The van der Waals surface area contributed by atoms with Crippen LogP contribution in [-0.2, 0) is 16.6 Å². The van der Waals surface area contributed by atoms with Crippen molar-refractivity contribution in [2.24, 2.45) is 0 Å². The van der Waals surface area contributed by atoms with Crippen LogP contribution in [0.3, 0.4) is 0 Å². The molecule has 0 saturated carbocycles. The van der Waals surface area contributed by atoms with Gasteiger partial charge in [-0.05, 0) is 36.5 Å². The highest BCUT2D eigenvalue weighted by Gasteiger charge is 2.24. The largest absolute Gasteiger partial charge is 0.312 e. The van der Waals surface area contributed by atoms with Crippen molar-refractivity contribution >= 4 is 27.0 Å². The molecule has 0 saturated heterocycles. The first-order valence-electron chi connectivity index (χ1n) is 6.88. The number of hydrogen-bond acceptors (Lipinski definition) is 4. The van der Waals surface area contributed by atoms with Gasteiger partial charge < -0.3 is 5.32 Å². The van der Waals surface area contributed by atoms with Crippen molar-refractivity contribution in [3.63, 3.8) is 0 Å². The maximum atomic E-state index is 12.8. The van der Waals surface area contributed by atoms with Crippen LogP contribution < -0.4 is 9.62 Å². The van der Waals surface area contributed by atoms with Crippen LogP contribution in [0.15, 0.2) is 46.7 Å². The Morgan fingerprint density at radius 3 is 2.57 bits per heavy atom. The number of hydrogen-bond donors (Lipinski definition) is 1. The number of para-hydroxylation sites is 1. The highest BCUT2D eigenvalue weighted by molar-refractivity contribution is 7.93. The Kier molecular flexibility index (Phi) is 5.39. The summed E-state index contributed by atoms with van der Waals surface area (Å²) < 4.78 is 26.8. The van der Waals surface area contributed by atoms with Crippen LogP contribution in [0.5, 0.6) is 0 Å². The van der Waals surface area contributed by atoms with E-state index in [4.69, 9.17) is 0 Å². The van der Waals surface area contributed by atoms with E-state index in [0.29, 0.717) is 17.1 Å². The van der Waals surface area contributed by atoms with Crippen molar-refractivity contribution in [3.8, 4) is 0 Å². The number of nitrogens with zero attached hydrogens (tertiary/aromatic N) is 1. The Labute approximate surface area is 130 Å². The lowest BCUT2D eigenvalue weighted by Gasteiger charge is -2.19. The summed E-state index contributed by atoms with van der Waals surface area (Å²) in [4.78, 5) is 1.24. The standard InChI is InChI=1S/C15H20N2O2S2/c1-3-10-16-12-14-15(9-11-20-14)21(18,19)17(2)13-7-5-4-6-8-13/h4-9,11,16H,3,10,12H2,1-2H3. The molecule has 1 aromatic carbocycles. The average Bonchev–Trinajstić information content (AvgIpc) is 2.97. The molecule has 0 fully saturated rings. The number of thiophene rings is 1. The third kappa shape index (κ3) is 3.64. The van der Waals surface area contributed by atoms with Crippen LogP contribution in [0.1, 0.15) is 18.2 Å². The van der Waals surface area contributed by atoms with Gasteiger partial charge >= 0.3 is 0 Å². The quantitative estimate of drug-likeness (QED) is 0.796. The lowest BCUT2D eigenvalue weighted by Crippen LogP contribution is -2.27. The Bertz CT molecular complexity index is 666. The summed E-state index contributed by atoms with van der Waals surface area (Å²) in [7, 11) is -1.92. The van der Waals surface area contributed by atoms with Crippen LogP contribution in [0.4, 0.5) is 5.69 Å². The van der Waals surface area contributed by atoms with E-state index in [1.807, 2.05) is 23.6 Å². The lowest BCUT2D eigenvalue weighted by molar-refractivity contribution is 0.592. The topological polar surface area (TPSA) is 49.4 Å². The molecule has 1 aromatic heterocycles. The molecule has 0 bridgehead atoms. The first-order valence-corrected chi connectivity index (χ1v) is 9.20. The van der Waals surface area contributed by atoms with Gasteiger partial charge in [0.2, 0.25) is 0 Å². The Hall–Kier alpha value is -1.37. The SMILES string of the molecule is CCCNCc1sccc1S(=O)(=O)N(C)c1ccccc1. The van der Waals surface area contributed by atoms with Gasteiger partial charge in [0.05, 0.1) is 5.69 Å². The van der Waals surface area contributed by atoms with E-state index < -0.39 is 10.0 Å². The number of rotatable bonds is 7. The predicted molar refractivity (Wildman–Crippen MR) is 88.3 cm³/mol. The summed E-state index contributed by atoms with van der Waals surface area (Å²) in [5, 5.41) is 5.08. The Morgan fingerprint density at radius 1 is 1.19 bits per heavy atom. The van der Waals surface area contributed by atoms with Crippen molar-refractivity contribution in [2.75, 3.05) is 17.9 Å². The highest BCUT2D eigenvalue weighted by Crippen LogP contribution is 2.27. The molecule has 0 amide bonds. The monoisotopic (exact) mass is 324 g/mol. The maximum absolute atomic E-state index is 12.8. The van der Waals surface area contributed by atoms with Gasteiger partial charge in [-0.1, -0.05) is 25.1 Å². The molecule has 1 heterocycles. The molecule has 0 aliphatic heterocycles. The van der Waals surface area contributed by atoms with E-state index in [9.17, 15) is 8.42 Å². The van der Waals surface area contributed by atoms with Crippen LogP contribution in [0.2, 0.25) is 0 Å². The average molecular weight is 324 g/mol. The van der Waals surface area contributed by atoms with Gasteiger partial charge in [0.1, 0.15) is 4.90 Å². The first kappa shape index (κ1) is 16.0. The molecular formula is C15H20N2O2S2. The van der Waals surface area contributed by atoms with E-state index in [-0.39, 0.29) is 0 Å². The molecule has 0 aliphatic rings. The summed E-state index contributed by atoms with van der Waals surface area (Å²) in [6.07, 6.45) is 1.03. The number of anilines is 1. The molecule has 6 heteroatoms. The lowest BCUT2D eigenvalue weighted by atomic mass is 10.3. The predicted octanol–water partition coefficient (Wildman–Crippen LogP) is 3.07. The van der Waals surface area contributed by atoms with E-state index in [1.54, 1.807) is 25.2 Å². The molecule has 0 spiro atoms.